The lowest BCUT2D eigenvalue weighted by Crippen LogP contribution is -2.20. The van der Waals surface area contributed by atoms with E-state index >= 15 is 0 Å². The second-order valence-electron chi connectivity index (χ2n) is 7.62. The van der Waals surface area contributed by atoms with Gasteiger partial charge in [-0.2, -0.15) is 0 Å². The molecule has 1 aromatic heterocycles. The molecule has 0 aliphatic heterocycles. The summed E-state index contributed by atoms with van der Waals surface area (Å²) in [5, 5.41) is 8.44. The van der Waals surface area contributed by atoms with E-state index < -0.39 is 21.7 Å². The maximum atomic E-state index is 13.0. The molecule has 192 valence electrons. The fraction of sp³-hybridized carbons (Fsp3) is 0.120. The predicted molar refractivity (Wildman–Crippen MR) is 141 cm³/mol. The van der Waals surface area contributed by atoms with Gasteiger partial charge in [-0.05, 0) is 66.7 Å². The van der Waals surface area contributed by atoms with Crippen molar-refractivity contribution in [2.45, 2.75) is 4.90 Å². The molecule has 3 aromatic carbocycles. The molecule has 37 heavy (non-hydrogen) atoms. The van der Waals surface area contributed by atoms with Crippen LogP contribution in [0, 0.1) is 5.82 Å². The monoisotopic (exact) mass is 542 g/mol. The highest BCUT2D eigenvalue weighted by atomic mass is 32.2. The fourth-order valence-corrected chi connectivity index (χ4v) is 5.01. The minimum atomic E-state index is -3.88. The number of hydrogen-bond donors (Lipinski definition) is 3. The number of anilines is 3. The van der Waals surface area contributed by atoms with Gasteiger partial charge in [0.05, 0.1) is 23.4 Å². The van der Waals surface area contributed by atoms with E-state index in [2.05, 4.69) is 20.3 Å². The molecule has 0 aliphatic carbocycles. The van der Waals surface area contributed by atoms with Crippen LogP contribution in [0.1, 0.15) is 0 Å². The summed E-state index contributed by atoms with van der Waals surface area (Å²) in [5.74, 6) is -0.121. The summed E-state index contributed by atoms with van der Waals surface area (Å²) in [5.41, 5.74) is 2.25. The molecule has 0 radical (unpaired) electrons. The van der Waals surface area contributed by atoms with Crippen molar-refractivity contribution in [1.82, 2.24) is 4.98 Å². The number of amides is 1. The Morgan fingerprint density at radius 1 is 1.05 bits per heavy atom. The lowest BCUT2D eigenvalue weighted by Gasteiger charge is -2.12. The molecule has 0 fully saturated rings. The molecule has 1 amide bonds. The average Bonchev–Trinajstić information content (AvgIpc) is 3.38. The molecule has 3 N–H and O–H groups in total. The molecule has 12 heteroatoms. The van der Waals surface area contributed by atoms with Crippen LogP contribution in [-0.2, 0) is 14.8 Å². The number of halogens is 1. The zero-order valence-electron chi connectivity index (χ0n) is 19.8. The summed E-state index contributed by atoms with van der Waals surface area (Å²) in [4.78, 5) is 17.0. The Labute approximate surface area is 217 Å². The van der Waals surface area contributed by atoms with Crippen LogP contribution < -0.4 is 24.8 Å². The lowest BCUT2D eigenvalue weighted by atomic mass is 10.1. The van der Waals surface area contributed by atoms with E-state index in [1.807, 2.05) is 11.4 Å². The zero-order valence-corrected chi connectivity index (χ0v) is 21.5. The fourth-order valence-electron chi connectivity index (χ4n) is 3.27. The van der Waals surface area contributed by atoms with Crippen LogP contribution in [0.4, 0.5) is 20.9 Å². The first-order valence-corrected chi connectivity index (χ1v) is 13.3. The van der Waals surface area contributed by atoms with E-state index in [1.54, 1.807) is 19.2 Å². The number of rotatable bonds is 10. The largest absolute Gasteiger partial charge is 0.495 e. The first-order valence-electron chi connectivity index (χ1n) is 10.9. The van der Waals surface area contributed by atoms with Gasteiger partial charge in [0.2, 0.25) is 0 Å². The summed E-state index contributed by atoms with van der Waals surface area (Å²) in [7, 11) is -0.584. The summed E-state index contributed by atoms with van der Waals surface area (Å²) in [6.07, 6.45) is 0. The van der Waals surface area contributed by atoms with E-state index in [-0.39, 0.29) is 17.2 Å². The first kappa shape index (κ1) is 25.9. The Balaban J connectivity index is 1.38. The number of benzene rings is 3. The minimum Gasteiger partial charge on any atom is -0.495 e. The van der Waals surface area contributed by atoms with Crippen LogP contribution in [0.25, 0.3) is 11.3 Å². The lowest BCUT2D eigenvalue weighted by molar-refractivity contribution is -0.118. The predicted octanol–water partition coefficient (Wildman–Crippen LogP) is 4.82. The van der Waals surface area contributed by atoms with E-state index in [0.29, 0.717) is 17.2 Å². The number of aromatic nitrogens is 1. The van der Waals surface area contributed by atoms with Crippen LogP contribution in [0.15, 0.2) is 77.0 Å². The highest BCUT2D eigenvalue weighted by Crippen LogP contribution is 2.32. The van der Waals surface area contributed by atoms with E-state index in [4.69, 9.17) is 9.47 Å². The molecule has 0 saturated carbocycles. The molecule has 0 atom stereocenters. The van der Waals surface area contributed by atoms with Gasteiger partial charge < -0.3 is 20.1 Å². The van der Waals surface area contributed by atoms with Crippen LogP contribution in [-0.4, -0.2) is 40.1 Å². The van der Waals surface area contributed by atoms with Crippen molar-refractivity contribution in [1.29, 1.82) is 0 Å². The first-order chi connectivity index (χ1) is 17.8. The van der Waals surface area contributed by atoms with E-state index in [9.17, 15) is 17.6 Å². The number of sulfonamides is 1. The number of carbonyl (C=O) groups is 1. The van der Waals surface area contributed by atoms with Gasteiger partial charge in [-0.1, -0.05) is 0 Å². The van der Waals surface area contributed by atoms with Gasteiger partial charge in [-0.25, -0.2) is 17.8 Å². The molecule has 0 spiro atoms. The molecular formula is C25H23FN4O5S2. The van der Waals surface area contributed by atoms with Crippen molar-refractivity contribution in [3.63, 3.8) is 0 Å². The number of ether oxygens (including phenoxy) is 2. The van der Waals surface area contributed by atoms with Gasteiger partial charge in [-0.15, -0.1) is 11.3 Å². The molecule has 0 unspecified atom stereocenters. The number of methoxy groups -OCH3 is 1. The Kier molecular flexibility index (Phi) is 7.89. The highest BCUT2D eigenvalue weighted by molar-refractivity contribution is 7.92. The zero-order chi connectivity index (χ0) is 26.4. The van der Waals surface area contributed by atoms with Gasteiger partial charge in [0, 0.05) is 23.7 Å². The van der Waals surface area contributed by atoms with Crippen LogP contribution >= 0.6 is 11.3 Å². The SMILES string of the molecule is CNc1nc(-c2ccc(OC)c(NC(=O)COc3ccc(S(=O)(=O)Nc4ccc(F)cc4)cc3)c2)cs1. The third kappa shape index (κ3) is 6.54. The normalized spacial score (nSPS) is 11.0. The number of carbonyl (C=O) groups excluding carboxylic acids is 1. The summed E-state index contributed by atoms with van der Waals surface area (Å²) in [6.45, 7) is -0.312. The van der Waals surface area contributed by atoms with Crippen LogP contribution in [0.5, 0.6) is 11.5 Å². The quantitative estimate of drug-likeness (QED) is 0.263. The van der Waals surface area contributed by atoms with E-state index in [1.165, 1.54) is 54.8 Å². The second kappa shape index (κ2) is 11.3. The smallest absolute Gasteiger partial charge is 0.262 e. The number of thiazole rings is 1. The van der Waals surface area contributed by atoms with Gasteiger partial charge in [0.15, 0.2) is 11.7 Å². The van der Waals surface area contributed by atoms with Crippen molar-refractivity contribution in [3.8, 4) is 22.8 Å². The van der Waals surface area contributed by atoms with Crippen molar-refractivity contribution < 1.29 is 27.1 Å². The topological polar surface area (TPSA) is 119 Å². The maximum Gasteiger partial charge on any atom is 0.262 e. The summed E-state index contributed by atoms with van der Waals surface area (Å²) < 4.78 is 51.4. The Bertz CT molecular complexity index is 1490. The Morgan fingerprint density at radius 3 is 2.43 bits per heavy atom. The van der Waals surface area contributed by atoms with Crippen LogP contribution in [0.2, 0.25) is 0 Å². The van der Waals surface area contributed by atoms with E-state index in [0.717, 1.165) is 28.5 Å². The number of hydrogen-bond acceptors (Lipinski definition) is 8. The molecule has 0 aliphatic rings. The molecule has 4 aromatic rings. The Morgan fingerprint density at radius 2 is 1.78 bits per heavy atom. The third-order valence-corrected chi connectivity index (χ3v) is 7.34. The molecule has 0 saturated heterocycles. The standard InChI is InChI=1S/C25H23FN4O5S2/c1-27-25-29-22(15-36-25)16-3-12-23(34-2)21(13-16)28-24(31)14-35-19-8-10-20(11-9-19)37(32,33)30-18-6-4-17(26)5-7-18/h3-13,15,30H,14H2,1-2H3,(H,27,29)(H,28,31). The average molecular weight is 543 g/mol. The van der Waals surface area contributed by atoms with Crippen molar-refractivity contribution in [2.24, 2.45) is 0 Å². The molecular weight excluding hydrogens is 519 g/mol. The number of nitrogens with one attached hydrogen (secondary N) is 3. The molecule has 0 bridgehead atoms. The van der Waals surface area contributed by atoms with Gasteiger partial charge in [-0.3, -0.25) is 9.52 Å². The van der Waals surface area contributed by atoms with Crippen molar-refractivity contribution in [2.75, 3.05) is 36.1 Å². The minimum absolute atomic E-state index is 0.0151. The summed E-state index contributed by atoms with van der Waals surface area (Å²) >= 11 is 1.47. The third-order valence-electron chi connectivity index (χ3n) is 5.09. The van der Waals surface area contributed by atoms with Crippen LogP contribution in [0.3, 0.4) is 0 Å². The highest BCUT2D eigenvalue weighted by Gasteiger charge is 2.15. The van der Waals surface area contributed by atoms with Crippen molar-refractivity contribution in [3.05, 3.63) is 77.9 Å². The van der Waals surface area contributed by atoms with Gasteiger partial charge in [0.1, 0.15) is 17.3 Å². The summed E-state index contributed by atoms with van der Waals surface area (Å²) in [6, 6.07) is 15.9. The molecule has 9 nitrogen and oxygen atoms in total. The molecule has 1 heterocycles. The second-order valence-corrected chi connectivity index (χ2v) is 10.2. The van der Waals surface area contributed by atoms with Crippen molar-refractivity contribution >= 4 is 43.8 Å². The maximum absolute atomic E-state index is 13.0. The van der Waals surface area contributed by atoms with Gasteiger partial charge >= 0.3 is 0 Å². The molecule has 4 rings (SSSR count). The number of nitrogens with zero attached hydrogens (tertiary/aromatic N) is 1. The van der Waals surface area contributed by atoms with Gasteiger partial charge in [0.25, 0.3) is 15.9 Å². The Hall–Kier alpha value is -4.16.